The summed E-state index contributed by atoms with van der Waals surface area (Å²) in [5.41, 5.74) is 0.434. The SMILES string of the molecule is CC(C)Oc1ccccc1/C=C/C(=O)C(F)(F)F. The normalized spacial score (nSPS) is 12.1. The fourth-order valence-electron chi connectivity index (χ4n) is 1.24. The Hall–Kier alpha value is -1.78. The zero-order valence-corrected chi connectivity index (χ0v) is 9.99. The molecule has 0 aliphatic heterocycles. The van der Waals surface area contributed by atoms with Crippen LogP contribution in [0.1, 0.15) is 19.4 Å². The molecule has 0 aliphatic rings. The summed E-state index contributed by atoms with van der Waals surface area (Å²) in [6.07, 6.45) is -3.33. The summed E-state index contributed by atoms with van der Waals surface area (Å²) < 4.78 is 41.5. The van der Waals surface area contributed by atoms with Crippen LogP contribution in [0.5, 0.6) is 5.75 Å². The van der Waals surface area contributed by atoms with Gasteiger partial charge in [0.1, 0.15) is 5.75 Å². The third-order valence-corrected chi connectivity index (χ3v) is 1.98. The first-order valence-corrected chi connectivity index (χ1v) is 5.35. The Kier molecular flexibility index (Phi) is 4.53. The first kappa shape index (κ1) is 14.3. The minimum Gasteiger partial charge on any atom is -0.490 e. The van der Waals surface area contributed by atoms with Crippen LogP contribution in [-0.2, 0) is 4.79 Å². The molecule has 0 aromatic heterocycles. The molecule has 0 bridgehead atoms. The Labute approximate surface area is 103 Å². The van der Waals surface area contributed by atoms with E-state index in [0.29, 0.717) is 17.4 Å². The number of hydrogen-bond donors (Lipinski definition) is 0. The number of ketones is 1. The van der Waals surface area contributed by atoms with E-state index in [-0.39, 0.29) is 6.10 Å². The number of para-hydroxylation sites is 1. The van der Waals surface area contributed by atoms with Gasteiger partial charge < -0.3 is 4.74 Å². The third kappa shape index (κ3) is 4.24. The van der Waals surface area contributed by atoms with Gasteiger partial charge in [-0.2, -0.15) is 13.2 Å². The van der Waals surface area contributed by atoms with Crippen LogP contribution in [0.15, 0.2) is 30.3 Å². The zero-order chi connectivity index (χ0) is 13.8. The molecule has 18 heavy (non-hydrogen) atoms. The average Bonchev–Trinajstić information content (AvgIpc) is 2.25. The highest BCUT2D eigenvalue weighted by Gasteiger charge is 2.35. The molecule has 0 amide bonds. The minimum atomic E-state index is -4.84. The lowest BCUT2D eigenvalue weighted by Gasteiger charge is -2.12. The molecule has 5 heteroatoms. The number of rotatable bonds is 4. The molecule has 0 aliphatic carbocycles. The van der Waals surface area contributed by atoms with Crippen LogP contribution in [0.4, 0.5) is 13.2 Å². The highest BCUT2D eigenvalue weighted by atomic mass is 19.4. The molecule has 98 valence electrons. The molecule has 0 atom stereocenters. The molecule has 0 saturated heterocycles. The summed E-state index contributed by atoms with van der Waals surface area (Å²) >= 11 is 0. The van der Waals surface area contributed by atoms with Crippen LogP contribution >= 0.6 is 0 Å². The molecule has 0 spiro atoms. The molecular formula is C13H13F3O2. The van der Waals surface area contributed by atoms with E-state index in [4.69, 9.17) is 4.74 Å². The number of alkyl halides is 3. The number of benzene rings is 1. The molecule has 1 aromatic rings. The number of hydrogen-bond acceptors (Lipinski definition) is 2. The van der Waals surface area contributed by atoms with Gasteiger partial charge in [-0.3, -0.25) is 4.79 Å². The first-order chi connectivity index (χ1) is 8.30. The number of carbonyl (C=O) groups is 1. The van der Waals surface area contributed by atoms with Crippen molar-refractivity contribution in [2.24, 2.45) is 0 Å². The predicted octanol–water partition coefficient (Wildman–Crippen LogP) is 3.62. The van der Waals surface area contributed by atoms with E-state index >= 15 is 0 Å². The summed E-state index contributed by atoms with van der Waals surface area (Å²) in [6.45, 7) is 3.61. The molecule has 0 unspecified atom stereocenters. The lowest BCUT2D eigenvalue weighted by molar-refractivity contribution is -0.165. The molecule has 1 rings (SSSR count). The van der Waals surface area contributed by atoms with Gasteiger partial charge in [-0.25, -0.2) is 0 Å². The van der Waals surface area contributed by atoms with Gasteiger partial charge in [0, 0.05) is 5.56 Å². The van der Waals surface area contributed by atoms with Crippen LogP contribution in [0, 0.1) is 0 Å². The Morgan fingerprint density at radius 2 is 1.89 bits per heavy atom. The Bertz CT molecular complexity index is 448. The monoisotopic (exact) mass is 258 g/mol. The molecule has 0 saturated carbocycles. The second kappa shape index (κ2) is 5.71. The Morgan fingerprint density at radius 1 is 1.28 bits per heavy atom. The predicted molar refractivity (Wildman–Crippen MR) is 62.3 cm³/mol. The van der Waals surface area contributed by atoms with Crippen molar-refractivity contribution in [2.45, 2.75) is 26.1 Å². The van der Waals surface area contributed by atoms with Crippen LogP contribution < -0.4 is 4.74 Å². The lowest BCUT2D eigenvalue weighted by atomic mass is 10.1. The lowest BCUT2D eigenvalue weighted by Crippen LogP contribution is -2.19. The molecule has 1 aromatic carbocycles. The van der Waals surface area contributed by atoms with E-state index in [0.717, 1.165) is 6.08 Å². The topological polar surface area (TPSA) is 26.3 Å². The maximum atomic E-state index is 12.0. The van der Waals surface area contributed by atoms with Crippen LogP contribution in [0.2, 0.25) is 0 Å². The van der Waals surface area contributed by atoms with E-state index in [1.54, 1.807) is 38.1 Å². The van der Waals surface area contributed by atoms with Gasteiger partial charge in [-0.15, -0.1) is 0 Å². The van der Waals surface area contributed by atoms with Gasteiger partial charge in [-0.05, 0) is 32.1 Å². The number of halogens is 3. The van der Waals surface area contributed by atoms with Gasteiger partial charge in [0.25, 0.3) is 5.78 Å². The largest absolute Gasteiger partial charge is 0.490 e. The van der Waals surface area contributed by atoms with E-state index in [1.807, 2.05) is 0 Å². The molecular weight excluding hydrogens is 245 g/mol. The first-order valence-electron chi connectivity index (χ1n) is 5.35. The summed E-state index contributed by atoms with van der Waals surface area (Å²) in [7, 11) is 0. The summed E-state index contributed by atoms with van der Waals surface area (Å²) in [4.78, 5) is 10.7. The quantitative estimate of drug-likeness (QED) is 0.771. The van der Waals surface area contributed by atoms with E-state index in [9.17, 15) is 18.0 Å². The molecule has 2 nitrogen and oxygen atoms in total. The minimum absolute atomic E-state index is 0.0992. The van der Waals surface area contributed by atoms with Gasteiger partial charge >= 0.3 is 6.18 Å². The Balaban J connectivity index is 2.91. The molecule has 0 fully saturated rings. The molecule has 0 N–H and O–H groups in total. The van der Waals surface area contributed by atoms with Crippen molar-refractivity contribution in [3.8, 4) is 5.75 Å². The highest BCUT2D eigenvalue weighted by molar-refractivity contribution is 5.97. The third-order valence-electron chi connectivity index (χ3n) is 1.98. The second-order valence-corrected chi connectivity index (χ2v) is 3.90. The maximum absolute atomic E-state index is 12.0. The van der Waals surface area contributed by atoms with Gasteiger partial charge in [-0.1, -0.05) is 18.2 Å². The van der Waals surface area contributed by atoms with E-state index < -0.39 is 12.0 Å². The summed E-state index contributed by atoms with van der Waals surface area (Å²) in [6, 6.07) is 6.58. The van der Waals surface area contributed by atoms with Crippen LogP contribution in [0.3, 0.4) is 0 Å². The molecule has 0 radical (unpaired) electrons. The number of allylic oxidation sites excluding steroid dienone is 1. The highest BCUT2D eigenvalue weighted by Crippen LogP contribution is 2.22. The average molecular weight is 258 g/mol. The van der Waals surface area contributed by atoms with Crippen molar-refractivity contribution in [3.63, 3.8) is 0 Å². The standard InChI is InChI=1S/C13H13F3O2/c1-9(2)18-11-6-4-3-5-10(11)7-8-12(17)13(14,15)16/h3-9H,1-2H3/b8-7+. The van der Waals surface area contributed by atoms with Crippen molar-refractivity contribution in [1.82, 2.24) is 0 Å². The summed E-state index contributed by atoms with van der Waals surface area (Å²) in [5.74, 6) is -1.44. The summed E-state index contributed by atoms with van der Waals surface area (Å²) in [5, 5.41) is 0. The van der Waals surface area contributed by atoms with Crippen LogP contribution in [-0.4, -0.2) is 18.1 Å². The van der Waals surface area contributed by atoms with Crippen LogP contribution in [0.25, 0.3) is 6.08 Å². The van der Waals surface area contributed by atoms with E-state index in [1.165, 1.54) is 0 Å². The fraction of sp³-hybridized carbons (Fsp3) is 0.308. The number of carbonyl (C=O) groups excluding carboxylic acids is 1. The van der Waals surface area contributed by atoms with Gasteiger partial charge in [0.2, 0.25) is 0 Å². The van der Waals surface area contributed by atoms with Gasteiger partial charge in [0.05, 0.1) is 6.10 Å². The van der Waals surface area contributed by atoms with Gasteiger partial charge in [0.15, 0.2) is 0 Å². The van der Waals surface area contributed by atoms with Crippen molar-refractivity contribution < 1.29 is 22.7 Å². The maximum Gasteiger partial charge on any atom is 0.454 e. The van der Waals surface area contributed by atoms with Crippen molar-refractivity contribution >= 4 is 11.9 Å². The Morgan fingerprint density at radius 3 is 2.44 bits per heavy atom. The fourth-order valence-corrected chi connectivity index (χ4v) is 1.24. The van der Waals surface area contributed by atoms with E-state index in [2.05, 4.69) is 0 Å². The second-order valence-electron chi connectivity index (χ2n) is 3.90. The zero-order valence-electron chi connectivity index (χ0n) is 9.99. The number of ether oxygens (including phenoxy) is 1. The van der Waals surface area contributed by atoms with Crippen molar-refractivity contribution in [2.75, 3.05) is 0 Å². The van der Waals surface area contributed by atoms with Crippen molar-refractivity contribution in [1.29, 1.82) is 0 Å². The molecule has 0 heterocycles. The van der Waals surface area contributed by atoms with Crippen molar-refractivity contribution in [3.05, 3.63) is 35.9 Å². The smallest absolute Gasteiger partial charge is 0.454 e.